The smallest absolute Gasteiger partial charge is 0.325 e. The fraction of sp³-hybridized carbons (Fsp3) is 0.333. The summed E-state index contributed by atoms with van der Waals surface area (Å²) in [5.41, 5.74) is 0.516. The number of benzene rings is 1. The van der Waals surface area contributed by atoms with Gasteiger partial charge in [0.05, 0.1) is 19.9 Å². The quantitative estimate of drug-likeness (QED) is 0.889. The Kier molecular flexibility index (Phi) is 4.88. The molecule has 7 nitrogen and oxygen atoms in total. The molecular formula is C15H20N4O3. The Morgan fingerprint density at radius 1 is 1.18 bits per heavy atom. The lowest BCUT2D eigenvalue weighted by molar-refractivity contribution is 0.262. The van der Waals surface area contributed by atoms with Crippen molar-refractivity contribution in [2.45, 2.75) is 19.9 Å². The lowest BCUT2D eigenvalue weighted by Crippen LogP contribution is -2.20. The molecule has 2 amide bonds. The highest BCUT2D eigenvalue weighted by atomic mass is 16.5. The first-order valence-electron chi connectivity index (χ1n) is 6.88. The first-order valence-corrected chi connectivity index (χ1v) is 6.88. The molecule has 0 atom stereocenters. The Balaban J connectivity index is 2.07. The summed E-state index contributed by atoms with van der Waals surface area (Å²) in [5, 5.41) is 9.65. The van der Waals surface area contributed by atoms with Crippen molar-refractivity contribution >= 4 is 17.5 Å². The van der Waals surface area contributed by atoms with Gasteiger partial charge in [-0.1, -0.05) is 0 Å². The van der Waals surface area contributed by atoms with Crippen molar-refractivity contribution in [3.63, 3.8) is 0 Å². The van der Waals surface area contributed by atoms with E-state index in [2.05, 4.69) is 15.7 Å². The Bertz CT molecular complexity index is 652. The summed E-state index contributed by atoms with van der Waals surface area (Å²) in [6, 6.07) is 6.74. The second kappa shape index (κ2) is 6.84. The van der Waals surface area contributed by atoms with Gasteiger partial charge in [0, 0.05) is 24.4 Å². The minimum Gasteiger partial charge on any atom is -0.497 e. The summed E-state index contributed by atoms with van der Waals surface area (Å²) in [5.74, 6) is 1.65. The number of carbonyl (C=O) groups excluding carboxylic acids is 1. The molecule has 0 aliphatic rings. The number of aromatic nitrogens is 2. The standard InChI is InChI=1S/C15H20N4O3/c1-10(2)19-8-7-14(18-19)17-15(20)16-12-9-11(21-3)5-6-13(12)22-4/h5-10H,1-4H3,(H2,16,17,18,20). The van der Waals surface area contributed by atoms with Crippen molar-refractivity contribution < 1.29 is 14.3 Å². The lowest BCUT2D eigenvalue weighted by atomic mass is 10.2. The summed E-state index contributed by atoms with van der Waals surface area (Å²) < 4.78 is 12.1. The van der Waals surface area contributed by atoms with Gasteiger partial charge in [0.25, 0.3) is 0 Å². The SMILES string of the molecule is COc1ccc(OC)c(NC(=O)Nc2ccn(C(C)C)n2)c1. The molecule has 0 saturated carbocycles. The highest BCUT2D eigenvalue weighted by molar-refractivity contribution is 6.00. The number of hydrogen-bond acceptors (Lipinski definition) is 4. The van der Waals surface area contributed by atoms with E-state index in [1.807, 2.05) is 20.0 Å². The maximum atomic E-state index is 12.1. The molecule has 0 radical (unpaired) electrons. The van der Waals surface area contributed by atoms with Crippen molar-refractivity contribution in [1.82, 2.24) is 9.78 Å². The zero-order chi connectivity index (χ0) is 16.1. The van der Waals surface area contributed by atoms with E-state index in [0.29, 0.717) is 23.0 Å². The van der Waals surface area contributed by atoms with Crippen molar-refractivity contribution in [2.24, 2.45) is 0 Å². The molecule has 0 aliphatic heterocycles. The van der Waals surface area contributed by atoms with E-state index < -0.39 is 6.03 Å². The number of urea groups is 1. The molecule has 22 heavy (non-hydrogen) atoms. The van der Waals surface area contributed by atoms with Crippen molar-refractivity contribution in [1.29, 1.82) is 0 Å². The van der Waals surface area contributed by atoms with E-state index >= 15 is 0 Å². The fourth-order valence-corrected chi connectivity index (χ4v) is 1.87. The molecule has 7 heteroatoms. The molecule has 2 rings (SSSR count). The van der Waals surface area contributed by atoms with Crippen LogP contribution in [0.5, 0.6) is 11.5 Å². The van der Waals surface area contributed by atoms with Crippen LogP contribution in [0.4, 0.5) is 16.3 Å². The lowest BCUT2D eigenvalue weighted by Gasteiger charge is -2.11. The van der Waals surface area contributed by atoms with Gasteiger partial charge in [-0.15, -0.1) is 0 Å². The van der Waals surface area contributed by atoms with Crippen molar-refractivity contribution in [3.05, 3.63) is 30.5 Å². The predicted octanol–water partition coefficient (Wildman–Crippen LogP) is 3.13. The summed E-state index contributed by atoms with van der Waals surface area (Å²) in [4.78, 5) is 12.1. The van der Waals surface area contributed by atoms with Gasteiger partial charge >= 0.3 is 6.03 Å². The molecular weight excluding hydrogens is 284 g/mol. The number of nitrogens with zero attached hydrogens (tertiary/aromatic N) is 2. The zero-order valence-electron chi connectivity index (χ0n) is 13.1. The second-order valence-electron chi connectivity index (χ2n) is 4.92. The molecule has 2 aromatic rings. The number of amides is 2. The predicted molar refractivity (Wildman–Crippen MR) is 84.8 cm³/mol. The van der Waals surface area contributed by atoms with Gasteiger partial charge in [-0.2, -0.15) is 5.10 Å². The first-order chi connectivity index (χ1) is 10.5. The van der Waals surface area contributed by atoms with Crippen LogP contribution in [0, 0.1) is 0 Å². The van der Waals surface area contributed by atoms with Crippen LogP contribution in [0.25, 0.3) is 0 Å². The number of rotatable bonds is 5. The first kappa shape index (κ1) is 15.7. The topological polar surface area (TPSA) is 77.4 Å². The maximum absolute atomic E-state index is 12.1. The van der Waals surface area contributed by atoms with Gasteiger partial charge in [-0.3, -0.25) is 10.00 Å². The van der Waals surface area contributed by atoms with Crippen LogP contribution in [0.15, 0.2) is 30.5 Å². The van der Waals surface area contributed by atoms with Gasteiger partial charge in [-0.05, 0) is 26.0 Å². The van der Waals surface area contributed by atoms with E-state index in [4.69, 9.17) is 9.47 Å². The van der Waals surface area contributed by atoms with Gasteiger partial charge in [0.1, 0.15) is 11.5 Å². The Hall–Kier alpha value is -2.70. The normalized spacial score (nSPS) is 10.4. The molecule has 0 unspecified atom stereocenters. The van der Waals surface area contributed by atoms with E-state index in [0.717, 1.165) is 0 Å². The average Bonchev–Trinajstić information content (AvgIpc) is 2.95. The number of hydrogen-bond donors (Lipinski definition) is 2. The Labute approximate surface area is 129 Å². The molecule has 118 valence electrons. The summed E-state index contributed by atoms with van der Waals surface area (Å²) >= 11 is 0. The van der Waals surface area contributed by atoms with Gasteiger partial charge < -0.3 is 14.8 Å². The second-order valence-corrected chi connectivity index (χ2v) is 4.92. The number of nitrogens with one attached hydrogen (secondary N) is 2. The molecule has 1 aromatic carbocycles. The molecule has 0 saturated heterocycles. The molecule has 1 heterocycles. The number of ether oxygens (including phenoxy) is 2. The van der Waals surface area contributed by atoms with Crippen LogP contribution in [-0.4, -0.2) is 30.0 Å². The Morgan fingerprint density at radius 2 is 1.95 bits per heavy atom. The molecule has 2 N–H and O–H groups in total. The number of methoxy groups -OCH3 is 2. The van der Waals surface area contributed by atoms with Crippen LogP contribution in [0.2, 0.25) is 0 Å². The third-order valence-electron chi connectivity index (χ3n) is 3.03. The van der Waals surface area contributed by atoms with E-state index in [-0.39, 0.29) is 6.04 Å². The van der Waals surface area contributed by atoms with Crippen molar-refractivity contribution in [2.75, 3.05) is 24.9 Å². The third-order valence-corrected chi connectivity index (χ3v) is 3.03. The molecule has 0 bridgehead atoms. The third kappa shape index (κ3) is 3.69. The van der Waals surface area contributed by atoms with E-state index in [1.165, 1.54) is 7.11 Å². The van der Waals surface area contributed by atoms with Gasteiger partial charge in [0.15, 0.2) is 5.82 Å². The van der Waals surface area contributed by atoms with Crippen LogP contribution in [-0.2, 0) is 0 Å². The van der Waals surface area contributed by atoms with Crippen LogP contribution < -0.4 is 20.1 Å². The fourth-order valence-electron chi connectivity index (χ4n) is 1.87. The zero-order valence-corrected chi connectivity index (χ0v) is 13.1. The number of anilines is 2. The minimum atomic E-state index is -0.402. The monoisotopic (exact) mass is 304 g/mol. The minimum absolute atomic E-state index is 0.233. The van der Waals surface area contributed by atoms with Gasteiger partial charge in [0.2, 0.25) is 0 Å². The molecule has 0 aliphatic carbocycles. The number of carbonyl (C=O) groups is 1. The highest BCUT2D eigenvalue weighted by Gasteiger charge is 2.10. The van der Waals surface area contributed by atoms with Crippen molar-refractivity contribution in [3.8, 4) is 11.5 Å². The highest BCUT2D eigenvalue weighted by Crippen LogP contribution is 2.28. The van der Waals surface area contributed by atoms with Crippen LogP contribution in [0.1, 0.15) is 19.9 Å². The molecule has 0 spiro atoms. The van der Waals surface area contributed by atoms with Gasteiger partial charge in [-0.25, -0.2) is 4.79 Å². The van der Waals surface area contributed by atoms with E-state index in [9.17, 15) is 4.79 Å². The van der Waals surface area contributed by atoms with Crippen LogP contribution >= 0.6 is 0 Å². The molecule has 1 aromatic heterocycles. The van der Waals surface area contributed by atoms with Crippen LogP contribution in [0.3, 0.4) is 0 Å². The largest absolute Gasteiger partial charge is 0.497 e. The average molecular weight is 304 g/mol. The van der Waals surface area contributed by atoms with E-state index in [1.54, 1.807) is 36.1 Å². The summed E-state index contributed by atoms with van der Waals surface area (Å²) in [6.45, 7) is 4.02. The Morgan fingerprint density at radius 3 is 2.55 bits per heavy atom. The maximum Gasteiger partial charge on any atom is 0.325 e. The summed E-state index contributed by atoms with van der Waals surface area (Å²) in [7, 11) is 3.10. The summed E-state index contributed by atoms with van der Waals surface area (Å²) in [6.07, 6.45) is 1.81. The molecule has 0 fully saturated rings.